The van der Waals surface area contributed by atoms with Gasteiger partial charge in [0.1, 0.15) is 20.6 Å². The van der Waals surface area contributed by atoms with Crippen molar-refractivity contribution in [1.82, 2.24) is 14.5 Å². The highest BCUT2D eigenvalue weighted by atomic mass is 32.2. The minimum Gasteiger partial charge on any atom is -0.345 e. The fourth-order valence-corrected chi connectivity index (χ4v) is 6.54. The number of aromatic nitrogens is 2. The van der Waals surface area contributed by atoms with E-state index in [9.17, 15) is 17.6 Å². The van der Waals surface area contributed by atoms with Crippen molar-refractivity contribution >= 4 is 33.0 Å². The Morgan fingerprint density at radius 3 is 2.48 bits per heavy atom. The van der Waals surface area contributed by atoms with Gasteiger partial charge < -0.3 is 9.47 Å². The third-order valence-electron chi connectivity index (χ3n) is 6.06. The monoisotopic (exact) mass is 490 g/mol. The number of thiazole rings is 1. The van der Waals surface area contributed by atoms with Crippen molar-refractivity contribution in [1.29, 1.82) is 0 Å². The second-order valence-corrected chi connectivity index (χ2v) is 11.0. The van der Waals surface area contributed by atoms with Crippen LogP contribution in [0.25, 0.3) is 10.7 Å². The first-order chi connectivity index (χ1) is 15.6. The molecule has 1 aliphatic heterocycles. The number of carbonyl (C=O) groups is 1. The molecule has 1 saturated heterocycles. The van der Waals surface area contributed by atoms with Crippen molar-refractivity contribution in [2.45, 2.75) is 44.9 Å². The number of benzene rings is 1. The first-order valence-corrected chi connectivity index (χ1v) is 13.1. The maximum absolute atomic E-state index is 13.4. The Morgan fingerprint density at radius 2 is 1.82 bits per heavy atom. The van der Waals surface area contributed by atoms with Crippen LogP contribution in [0.4, 0.5) is 10.1 Å². The van der Waals surface area contributed by atoms with Crippen LogP contribution in [0.5, 0.6) is 0 Å². The summed E-state index contributed by atoms with van der Waals surface area (Å²) in [6.45, 7) is 6.68. The minimum absolute atomic E-state index is 0.0109. The van der Waals surface area contributed by atoms with Gasteiger partial charge in [-0.2, -0.15) is 0 Å². The fourth-order valence-electron chi connectivity index (χ4n) is 4.03. The molecule has 1 aromatic carbocycles. The molecule has 1 aliphatic rings. The number of hydrogen-bond donors (Lipinski definition) is 1. The molecule has 0 bridgehead atoms. The quantitative estimate of drug-likeness (QED) is 0.565. The summed E-state index contributed by atoms with van der Waals surface area (Å²) >= 11 is 1.29. The summed E-state index contributed by atoms with van der Waals surface area (Å²) in [7, 11) is -2.14. The van der Waals surface area contributed by atoms with Crippen LogP contribution in [0.15, 0.2) is 29.2 Å². The second-order valence-electron chi connectivity index (χ2n) is 8.39. The molecule has 0 radical (unpaired) electrons. The summed E-state index contributed by atoms with van der Waals surface area (Å²) in [5, 5.41) is 0.595. The van der Waals surface area contributed by atoms with Gasteiger partial charge in [-0.15, -0.1) is 11.3 Å². The molecule has 1 amide bonds. The van der Waals surface area contributed by atoms with Gasteiger partial charge in [-0.25, -0.2) is 17.8 Å². The van der Waals surface area contributed by atoms with Crippen molar-refractivity contribution in [2.75, 3.05) is 17.8 Å². The van der Waals surface area contributed by atoms with E-state index in [2.05, 4.69) is 9.71 Å². The van der Waals surface area contributed by atoms with Crippen LogP contribution < -0.4 is 4.72 Å². The second kappa shape index (κ2) is 8.90. The lowest BCUT2D eigenvalue weighted by Crippen LogP contribution is -2.35. The number of sulfonamides is 1. The Balaban J connectivity index is 1.67. The van der Waals surface area contributed by atoms with Gasteiger partial charge in [0, 0.05) is 25.8 Å². The van der Waals surface area contributed by atoms with E-state index in [1.54, 1.807) is 31.5 Å². The number of anilines is 1. The van der Waals surface area contributed by atoms with Gasteiger partial charge in [0.05, 0.1) is 17.1 Å². The molecular formula is C23H27FN4O3S2. The number of amides is 1. The van der Waals surface area contributed by atoms with Gasteiger partial charge >= 0.3 is 0 Å². The summed E-state index contributed by atoms with van der Waals surface area (Å²) < 4.78 is 44.0. The molecule has 0 spiro atoms. The first kappa shape index (κ1) is 23.4. The number of likely N-dealkylation sites (tertiary alicyclic amines) is 1. The maximum Gasteiger partial charge on any atom is 0.265 e. The van der Waals surface area contributed by atoms with Crippen LogP contribution in [0.2, 0.25) is 0 Å². The van der Waals surface area contributed by atoms with E-state index in [4.69, 9.17) is 0 Å². The number of hydrogen-bond acceptors (Lipinski definition) is 5. The molecule has 0 aliphatic carbocycles. The van der Waals surface area contributed by atoms with Gasteiger partial charge in [-0.3, -0.25) is 9.52 Å². The van der Waals surface area contributed by atoms with E-state index in [1.165, 1.54) is 29.5 Å². The Kier molecular flexibility index (Phi) is 6.32. The Labute approximate surface area is 197 Å². The predicted octanol–water partition coefficient (Wildman–Crippen LogP) is 4.64. The van der Waals surface area contributed by atoms with E-state index < -0.39 is 15.8 Å². The van der Waals surface area contributed by atoms with Crippen LogP contribution in [0.1, 0.15) is 45.9 Å². The topological polar surface area (TPSA) is 84.3 Å². The average molecular weight is 491 g/mol. The zero-order valence-corrected chi connectivity index (χ0v) is 20.7. The molecule has 33 heavy (non-hydrogen) atoms. The average Bonchev–Trinajstić information content (AvgIpc) is 3.30. The summed E-state index contributed by atoms with van der Waals surface area (Å²) in [5.74, 6) is -0.439. The summed E-state index contributed by atoms with van der Waals surface area (Å²) in [6.07, 6.45) is 3.16. The van der Waals surface area contributed by atoms with E-state index in [-0.39, 0.29) is 10.8 Å². The first-order valence-electron chi connectivity index (χ1n) is 10.8. The number of nitrogens with one attached hydrogen (secondary N) is 1. The van der Waals surface area contributed by atoms with Crippen LogP contribution in [-0.4, -0.2) is 41.9 Å². The molecule has 3 heterocycles. The zero-order valence-electron chi connectivity index (χ0n) is 19.1. The van der Waals surface area contributed by atoms with Gasteiger partial charge in [0.25, 0.3) is 15.9 Å². The molecule has 0 atom stereocenters. The van der Waals surface area contributed by atoms with E-state index >= 15 is 0 Å². The molecule has 0 unspecified atom stereocenters. The molecule has 1 fully saturated rings. The van der Waals surface area contributed by atoms with Crippen molar-refractivity contribution in [3.63, 3.8) is 0 Å². The van der Waals surface area contributed by atoms with Gasteiger partial charge in [-0.1, -0.05) is 0 Å². The number of nitrogens with zero attached hydrogens (tertiary/aromatic N) is 3. The van der Waals surface area contributed by atoms with E-state index in [1.807, 2.05) is 11.8 Å². The summed E-state index contributed by atoms with van der Waals surface area (Å²) in [6, 6.07) is 5.47. The number of aryl methyl sites for hydroxylation is 2. The zero-order chi connectivity index (χ0) is 23.9. The molecule has 3 aromatic rings. The lowest BCUT2D eigenvalue weighted by molar-refractivity contribution is 0.0728. The van der Waals surface area contributed by atoms with Crippen molar-refractivity contribution in [3.8, 4) is 10.7 Å². The van der Waals surface area contributed by atoms with Crippen molar-refractivity contribution in [2.24, 2.45) is 7.05 Å². The lowest BCUT2D eigenvalue weighted by atomic mass is 10.1. The highest BCUT2D eigenvalue weighted by molar-refractivity contribution is 7.92. The molecule has 176 valence electrons. The van der Waals surface area contributed by atoms with Crippen LogP contribution in [-0.2, 0) is 17.1 Å². The third kappa shape index (κ3) is 4.54. The summed E-state index contributed by atoms with van der Waals surface area (Å²) in [4.78, 5) is 20.2. The molecule has 1 N–H and O–H groups in total. The number of piperidine rings is 1. The van der Waals surface area contributed by atoms with Crippen LogP contribution >= 0.6 is 11.3 Å². The van der Waals surface area contributed by atoms with Gasteiger partial charge in [0.15, 0.2) is 0 Å². The minimum atomic E-state index is -3.92. The van der Waals surface area contributed by atoms with Crippen molar-refractivity contribution < 1.29 is 17.6 Å². The number of rotatable bonds is 5. The van der Waals surface area contributed by atoms with Gasteiger partial charge in [0.2, 0.25) is 0 Å². The highest BCUT2D eigenvalue weighted by Crippen LogP contribution is 2.34. The van der Waals surface area contributed by atoms with Crippen LogP contribution in [0, 0.1) is 26.6 Å². The third-order valence-corrected chi connectivity index (χ3v) is 8.71. The summed E-state index contributed by atoms with van der Waals surface area (Å²) in [5.41, 5.74) is 2.61. The molecule has 10 heteroatoms. The van der Waals surface area contributed by atoms with Crippen molar-refractivity contribution in [3.05, 3.63) is 51.9 Å². The van der Waals surface area contributed by atoms with Crippen LogP contribution in [0.3, 0.4) is 0 Å². The smallest absolute Gasteiger partial charge is 0.265 e. The van der Waals surface area contributed by atoms with E-state index in [0.717, 1.165) is 32.4 Å². The van der Waals surface area contributed by atoms with Gasteiger partial charge in [-0.05, 0) is 69.9 Å². The molecule has 0 saturated carbocycles. The Morgan fingerprint density at radius 1 is 1.12 bits per heavy atom. The molecule has 4 rings (SSSR count). The SMILES string of the molecule is Cc1cc(F)ccc1NS(=O)(=O)c1cc(-c2nc(C)c(C(=O)N3CCCCC3)s2)n(C)c1C. The maximum atomic E-state index is 13.4. The highest BCUT2D eigenvalue weighted by Gasteiger charge is 2.27. The standard InChI is InChI=1S/C23H27FN4O3S2/c1-14-12-17(24)8-9-18(14)26-33(30,31)20-13-19(27(4)16(20)3)22-25-15(2)21(32-22)23(29)28-10-6-5-7-11-28/h8-9,12-13,26H,5-7,10-11H2,1-4H3. The Bertz CT molecular complexity index is 1320. The predicted molar refractivity (Wildman–Crippen MR) is 128 cm³/mol. The fraction of sp³-hybridized carbons (Fsp3) is 0.391. The van der Waals surface area contributed by atoms with E-state index in [0.29, 0.717) is 38.2 Å². The molecule has 7 nitrogen and oxygen atoms in total. The normalized spacial score (nSPS) is 14.5. The molecule has 2 aromatic heterocycles. The number of halogens is 1. The largest absolute Gasteiger partial charge is 0.345 e. The number of carbonyl (C=O) groups excluding carboxylic acids is 1. The lowest BCUT2D eigenvalue weighted by Gasteiger charge is -2.26. The molecular weight excluding hydrogens is 463 g/mol. The Hall–Kier alpha value is -2.72.